The van der Waals surface area contributed by atoms with Crippen LogP contribution < -0.4 is 10.9 Å². The van der Waals surface area contributed by atoms with E-state index < -0.39 is 24.3 Å². The van der Waals surface area contributed by atoms with Crippen LogP contribution in [-0.4, -0.2) is 75.5 Å². The highest BCUT2D eigenvalue weighted by molar-refractivity contribution is 5.95. The van der Waals surface area contributed by atoms with Gasteiger partial charge in [0.15, 0.2) is 0 Å². The number of fused-ring (bicyclic) bond motifs is 2. The standard InChI is InChI=1S/C11H13N3O2.2C2HF3O2/c15-10-2-1-7(4-13-10)11(16)14-8-3-9(14)6-12-5-8;2*3-2(4,5)1(6)7/h1-2,4,8-9,12H,3,5-6H2,(H,13,15);2*(H,6,7). The second-order valence-corrected chi connectivity index (χ2v) is 5.96. The molecule has 3 rings (SSSR count). The van der Waals surface area contributed by atoms with Crippen molar-refractivity contribution in [2.75, 3.05) is 13.1 Å². The third-order valence-electron chi connectivity index (χ3n) is 3.84. The maximum Gasteiger partial charge on any atom is 0.490 e. The van der Waals surface area contributed by atoms with Crippen LogP contribution in [0.4, 0.5) is 26.3 Å². The Balaban J connectivity index is 0.000000271. The molecule has 2 aliphatic heterocycles. The highest BCUT2D eigenvalue weighted by Crippen LogP contribution is 2.29. The van der Waals surface area contributed by atoms with Crippen LogP contribution >= 0.6 is 0 Å². The number of hydrogen-bond acceptors (Lipinski definition) is 5. The first-order valence-electron chi connectivity index (χ1n) is 7.97. The van der Waals surface area contributed by atoms with E-state index in [1.807, 2.05) is 4.90 Å². The van der Waals surface area contributed by atoms with E-state index in [4.69, 9.17) is 19.8 Å². The summed E-state index contributed by atoms with van der Waals surface area (Å²) in [5, 5.41) is 17.5. The predicted octanol–water partition coefficient (Wildman–Crippen LogP) is 0.828. The first-order chi connectivity index (χ1) is 13.6. The summed E-state index contributed by atoms with van der Waals surface area (Å²) in [6.45, 7) is 1.76. The number of nitrogens with zero attached hydrogens (tertiary/aromatic N) is 1. The lowest BCUT2D eigenvalue weighted by Crippen LogP contribution is -2.69. The first-order valence-corrected chi connectivity index (χ1v) is 7.97. The zero-order valence-corrected chi connectivity index (χ0v) is 14.8. The number of carboxylic acids is 2. The number of piperidine rings is 1. The van der Waals surface area contributed by atoms with Crippen molar-refractivity contribution in [3.05, 3.63) is 34.2 Å². The Labute approximate surface area is 163 Å². The van der Waals surface area contributed by atoms with Gasteiger partial charge in [-0.05, 0) is 12.5 Å². The third kappa shape index (κ3) is 7.06. The number of hydrogen-bond donors (Lipinski definition) is 4. The number of aliphatic carboxylic acids is 2. The quantitative estimate of drug-likeness (QED) is 0.468. The number of pyridine rings is 1. The number of aromatic amines is 1. The van der Waals surface area contributed by atoms with Gasteiger partial charge in [-0.15, -0.1) is 0 Å². The third-order valence-corrected chi connectivity index (χ3v) is 3.84. The Bertz CT molecular complexity index is 779. The molecule has 2 saturated heterocycles. The number of halogens is 6. The van der Waals surface area contributed by atoms with E-state index in [1.54, 1.807) is 6.07 Å². The summed E-state index contributed by atoms with van der Waals surface area (Å²) in [5.74, 6) is -5.49. The molecule has 1 aromatic heterocycles. The Morgan fingerprint density at radius 3 is 1.67 bits per heavy atom. The van der Waals surface area contributed by atoms with E-state index >= 15 is 0 Å². The van der Waals surface area contributed by atoms with Crippen molar-refractivity contribution in [2.45, 2.75) is 30.9 Å². The molecule has 0 aliphatic carbocycles. The summed E-state index contributed by atoms with van der Waals surface area (Å²) in [6.07, 6.45) is -7.58. The minimum Gasteiger partial charge on any atom is -0.475 e. The molecule has 2 bridgehead atoms. The smallest absolute Gasteiger partial charge is 0.475 e. The van der Waals surface area contributed by atoms with Crippen LogP contribution in [0.25, 0.3) is 0 Å². The van der Waals surface area contributed by atoms with Crippen LogP contribution in [-0.2, 0) is 9.59 Å². The molecular weight excluding hydrogens is 432 g/mol. The Kier molecular flexibility index (Phi) is 7.98. The number of carbonyl (C=O) groups excluding carboxylic acids is 1. The number of nitrogens with one attached hydrogen (secondary N) is 2. The lowest BCUT2D eigenvalue weighted by Gasteiger charge is -2.53. The van der Waals surface area contributed by atoms with Crippen LogP contribution in [0.2, 0.25) is 0 Å². The van der Waals surface area contributed by atoms with Crippen molar-refractivity contribution >= 4 is 17.8 Å². The van der Waals surface area contributed by atoms with E-state index in [0.29, 0.717) is 17.6 Å². The lowest BCUT2D eigenvalue weighted by molar-refractivity contribution is -0.193. The summed E-state index contributed by atoms with van der Waals surface area (Å²) in [7, 11) is 0. The molecule has 168 valence electrons. The van der Waals surface area contributed by atoms with E-state index in [1.165, 1.54) is 12.3 Å². The predicted molar refractivity (Wildman–Crippen MR) is 85.7 cm³/mol. The fourth-order valence-electron chi connectivity index (χ4n) is 2.51. The molecule has 15 heteroatoms. The molecule has 2 fully saturated rings. The molecule has 30 heavy (non-hydrogen) atoms. The van der Waals surface area contributed by atoms with Crippen molar-refractivity contribution in [1.82, 2.24) is 15.2 Å². The molecule has 1 aromatic rings. The molecule has 4 N–H and O–H groups in total. The average Bonchev–Trinajstić information content (AvgIpc) is 2.62. The van der Waals surface area contributed by atoms with Crippen molar-refractivity contribution in [3.8, 4) is 0 Å². The largest absolute Gasteiger partial charge is 0.490 e. The summed E-state index contributed by atoms with van der Waals surface area (Å²) in [5.41, 5.74) is 0.387. The average molecular weight is 447 g/mol. The molecule has 9 nitrogen and oxygen atoms in total. The molecule has 3 heterocycles. The summed E-state index contributed by atoms with van der Waals surface area (Å²) < 4.78 is 63.5. The Hall–Kier alpha value is -3.10. The lowest BCUT2D eigenvalue weighted by atomic mass is 9.88. The van der Waals surface area contributed by atoms with Gasteiger partial charge in [0, 0.05) is 37.4 Å². The van der Waals surface area contributed by atoms with E-state index in [-0.39, 0.29) is 11.5 Å². The molecule has 0 saturated carbocycles. The zero-order chi connectivity index (χ0) is 23.3. The highest BCUT2D eigenvalue weighted by Gasteiger charge is 2.44. The van der Waals surface area contributed by atoms with Gasteiger partial charge in [0.05, 0.1) is 5.56 Å². The molecular formula is C15H15F6N3O6. The number of carbonyl (C=O) groups is 3. The molecule has 1 amide bonds. The minimum absolute atomic E-state index is 0.0269. The van der Waals surface area contributed by atoms with Crippen LogP contribution in [0.5, 0.6) is 0 Å². The normalized spacial score (nSPS) is 19.9. The van der Waals surface area contributed by atoms with E-state index in [9.17, 15) is 35.9 Å². The van der Waals surface area contributed by atoms with Gasteiger partial charge in [-0.2, -0.15) is 26.3 Å². The second kappa shape index (κ2) is 9.60. The van der Waals surface area contributed by atoms with Gasteiger partial charge in [0.2, 0.25) is 5.56 Å². The van der Waals surface area contributed by atoms with Crippen molar-refractivity contribution < 1.29 is 50.9 Å². The molecule has 0 aromatic carbocycles. The van der Waals surface area contributed by atoms with Gasteiger partial charge in [-0.25, -0.2) is 9.59 Å². The maximum atomic E-state index is 12.1. The topological polar surface area (TPSA) is 140 Å². The van der Waals surface area contributed by atoms with Crippen LogP contribution in [0.3, 0.4) is 0 Å². The van der Waals surface area contributed by atoms with Gasteiger partial charge in [0.1, 0.15) is 0 Å². The van der Waals surface area contributed by atoms with Gasteiger partial charge < -0.3 is 25.4 Å². The first kappa shape index (κ1) is 24.9. The Morgan fingerprint density at radius 1 is 0.933 bits per heavy atom. The van der Waals surface area contributed by atoms with Crippen molar-refractivity contribution in [3.63, 3.8) is 0 Å². The van der Waals surface area contributed by atoms with E-state index in [2.05, 4.69) is 10.3 Å². The van der Waals surface area contributed by atoms with E-state index in [0.717, 1.165) is 19.5 Å². The van der Waals surface area contributed by atoms with Gasteiger partial charge in [-0.3, -0.25) is 9.59 Å². The zero-order valence-electron chi connectivity index (χ0n) is 14.8. The fourth-order valence-corrected chi connectivity index (χ4v) is 2.51. The second-order valence-electron chi connectivity index (χ2n) is 5.96. The number of piperazine rings is 1. The summed E-state index contributed by atoms with van der Waals surface area (Å²) in [4.78, 5) is 45.3. The number of aromatic nitrogens is 1. The number of H-pyrrole nitrogens is 1. The maximum absolute atomic E-state index is 12.1. The number of carboxylic acid groups (broad SMARTS) is 2. The van der Waals surface area contributed by atoms with Gasteiger partial charge in [-0.1, -0.05) is 0 Å². The minimum atomic E-state index is -5.08. The molecule has 2 unspecified atom stereocenters. The number of amides is 1. The summed E-state index contributed by atoms with van der Waals surface area (Å²) in [6, 6.07) is 3.64. The monoisotopic (exact) mass is 447 g/mol. The van der Waals surface area contributed by atoms with Crippen molar-refractivity contribution in [2.24, 2.45) is 0 Å². The van der Waals surface area contributed by atoms with Crippen LogP contribution in [0.1, 0.15) is 16.8 Å². The molecule has 0 radical (unpaired) electrons. The molecule has 0 spiro atoms. The van der Waals surface area contributed by atoms with Crippen molar-refractivity contribution in [1.29, 1.82) is 0 Å². The number of rotatable bonds is 1. The van der Waals surface area contributed by atoms with Gasteiger partial charge in [0.25, 0.3) is 5.91 Å². The molecule has 2 aliphatic rings. The van der Waals surface area contributed by atoms with Crippen LogP contribution in [0, 0.1) is 0 Å². The fraction of sp³-hybridized carbons (Fsp3) is 0.467. The SMILES string of the molecule is O=C(O)C(F)(F)F.O=C(O)C(F)(F)F.O=C(c1ccc(=O)[nH]c1)N1C2CNCC1C2. The number of alkyl halides is 6. The summed E-state index contributed by atoms with van der Waals surface area (Å²) >= 11 is 0. The van der Waals surface area contributed by atoms with Crippen LogP contribution in [0.15, 0.2) is 23.1 Å². The van der Waals surface area contributed by atoms with Gasteiger partial charge >= 0.3 is 24.3 Å². The highest BCUT2D eigenvalue weighted by atomic mass is 19.4. The molecule has 2 atom stereocenters. The Morgan fingerprint density at radius 2 is 1.37 bits per heavy atom.